The van der Waals surface area contributed by atoms with Crippen molar-refractivity contribution in [3.63, 3.8) is 0 Å². The highest BCUT2D eigenvalue weighted by Crippen LogP contribution is 2.39. The van der Waals surface area contributed by atoms with Crippen molar-refractivity contribution in [2.75, 3.05) is 57.5 Å². The summed E-state index contributed by atoms with van der Waals surface area (Å²) in [5.74, 6) is 0.967. The maximum absolute atomic E-state index is 15.0. The second-order valence-corrected chi connectivity index (χ2v) is 10.4. The number of nitrogens with zero attached hydrogens (tertiary/aromatic N) is 4. The average molecular weight is 530 g/mol. The standard InChI is InChI=1S/C30H32FN5O3/c31-23-3-1-4-27-29(23)24-18-22-25(19-32-24)33-34-30(22)20-5-6-26(28(17-20)39-14-2-13-38-27)36-9-7-21(8-10-36)35-11-15-37-16-12-35/h1,3-6,17-19,21H,2,7-16H2,(H,33,34). The first-order valence-electron chi connectivity index (χ1n) is 13.8. The number of fused-ring (bicyclic) bond motifs is 6. The lowest BCUT2D eigenvalue weighted by Gasteiger charge is -2.41. The fraction of sp³-hybridized carbons (Fsp3) is 0.400. The highest BCUT2D eigenvalue weighted by atomic mass is 19.1. The van der Waals surface area contributed by atoms with Gasteiger partial charge in [-0.15, -0.1) is 0 Å². The molecule has 0 spiro atoms. The van der Waals surface area contributed by atoms with E-state index in [1.807, 2.05) is 6.07 Å². The van der Waals surface area contributed by atoms with Crippen molar-refractivity contribution in [1.82, 2.24) is 20.1 Å². The molecule has 2 aromatic heterocycles. The minimum absolute atomic E-state index is 0.362. The van der Waals surface area contributed by atoms with Crippen LogP contribution in [0.1, 0.15) is 19.3 Å². The molecule has 3 aliphatic rings. The summed E-state index contributed by atoms with van der Waals surface area (Å²) >= 11 is 0. The van der Waals surface area contributed by atoms with Crippen LogP contribution in [0.25, 0.3) is 33.4 Å². The Balaban J connectivity index is 1.23. The molecule has 4 aromatic rings. The van der Waals surface area contributed by atoms with Gasteiger partial charge in [0.25, 0.3) is 0 Å². The van der Waals surface area contributed by atoms with Crippen molar-refractivity contribution < 1.29 is 18.6 Å². The third-order valence-electron chi connectivity index (χ3n) is 8.08. The number of H-pyrrole nitrogens is 1. The lowest BCUT2D eigenvalue weighted by atomic mass is 10.0. The highest BCUT2D eigenvalue weighted by molar-refractivity contribution is 5.95. The van der Waals surface area contributed by atoms with E-state index in [0.717, 1.165) is 85.8 Å². The van der Waals surface area contributed by atoms with Crippen LogP contribution in [0.2, 0.25) is 0 Å². The second-order valence-electron chi connectivity index (χ2n) is 10.4. The molecule has 0 radical (unpaired) electrons. The zero-order chi connectivity index (χ0) is 26.2. The lowest BCUT2D eigenvalue weighted by molar-refractivity contribution is 0.0115. The molecule has 0 saturated carbocycles. The van der Waals surface area contributed by atoms with E-state index in [4.69, 9.17) is 14.2 Å². The van der Waals surface area contributed by atoms with Gasteiger partial charge in [-0.1, -0.05) is 12.1 Å². The van der Waals surface area contributed by atoms with E-state index < -0.39 is 0 Å². The number of pyridine rings is 1. The van der Waals surface area contributed by atoms with Gasteiger partial charge in [0, 0.05) is 49.6 Å². The average Bonchev–Trinajstić information content (AvgIpc) is 3.41. The monoisotopic (exact) mass is 529 g/mol. The molecule has 1 N–H and O–H groups in total. The summed E-state index contributed by atoms with van der Waals surface area (Å²) in [6.07, 6.45) is 4.63. The van der Waals surface area contributed by atoms with Crippen molar-refractivity contribution >= 4 is 16.6 Å². The number of benzene rings is 2. The largest absolute Gasteiger partial charge is 0.493 e. The van der Waals surface area contributed by atoms with Crippen LogP contribution in [-0.2, 0) is 4.74 Å². The first-order chi connectivity index (χ1) is 19.2. The first-order valence-corrected chi connectivity index (χ1v) is 13.8. The van der Waals surface area contributed by atoms with Crippen molar-refractivity contribution in [2.24, 2.45) is 0 Å². The van der Waals surface area contributed by atoms with Crippen LogP contribution in [0, 0.1) is 5.82 Å². The van der Waals surface area contributed by atoms with Crippen LogP contribution < -0.4 is 14.4 Å². The van der Waals surface area contributed by atoms with Gasteiger partial charge in [0.05, 0.1) is 55.1 Å². The minimum Gasteiger partial charge on any atom is -0.493 e. The summed E-state index contributed by atoms with van der Waals surface area (Å²) in [6.45, 7) is 6.61. The zero-order valence-corrected chi connectivity index (χ0v) is 21.9. The SMILES string of the molecule is Fc1cccc2c1-c1cc3c(n[nH]c3cn1)-c1ccc(N3CCC(N4CCOCC4)CC3)c(c1)OCCCO2. The van der Waals surface area contributed by atoms with Gasteiger partial charge >= 0.3 is 0 Å². The van der Waals surface area contributed by atoms with Gasteiger partial charge < -0.3 is 19.1 Å². The number of aromatic amines is 1. The Labute approximate surface area is 226 Å². The molecule has 202 valence electrons. The Hall–Kier alpha value is -3.69. The molecule has 2 fully saturated rings. The number of ether oxygens (including phenoxy) is 3. The fourth-order valence-corrected chi connectivity index (χ4v) is 6.02. The lowest BCUT2D eigenvalue weighted by Crippen LogP contribution is -2.49. The first kappa shape index (κ1) is 24.4. The Bertz CT molecular complexity index is 1480. The van der Waals surface area contributed by atoms with Gasteiger partial charge in [-0.3, -0.25) is 15.0 Å². The van der Waals surface area contributed by atoms with Crippen molar-refractivity contribution in [3.8, 4) is 34.0 Å². The smallest absolute Gasteiger partial charge is 0.143 e. The number of aromatic nitrogens is 3. The van der Waals surface area contributed by atoms with E-state index in [2.05, 4.69) is 43.2 Å². The summed E-state index contributed by atoms with van der Waals surface area (Å²) in [7, 11) is 0. The molecular formula is C30H32FN5O3. The van der Waals surface area contributed by atoms with Crippen molar-refractivity contribution in [1.29, 1.82) is 0 Å². The van der Waals surface area contributed by atoms with Gasteiger partial charge in [-0.05, 0) is 43.2 Å². The van der Waals surface area contributed by atoms with Crippen LogP contribution in [0.15, 0.2) is 48.7 Å². The minimum atomic E-state index is -0.364. The maximum atomic E-state index is 15.0. The Kier molecular flexibility index (Phi) is 6.54. The third kappa shape index (κ3) is 4.70. The van der Waals surface area contributed by atoms with Gasteiger partial charge in [-0.2, -0.15) is 5.10 Å². The summed E-state index contributed by atoms with van der Waals surface area (Å²) in [5.41, 5.74) is 4.51. The highest BCUT2D eigenvalue weighted by Gasteiger charge is 2.27. The predicted octanol–water partition coefficient (Wildman–Crippen LogP) is 4.89. The molecule has 4 bridgehead atoms. The molecule has 7 rings (SSSR count). The van der Waals surface area contributed by atoms with E-state index in [9.17, 15) is 4.39 Å². The van der Waals surface area contributed by atoms with Crippen LogP contribution >= 0.6 is 0 Å². The Morgan fingerprint density at radius 3 is 2.56 bits per heavy atom. The number of piperidine rings is 1. The van der Waals surface area contributed by atoms with E-state index in [1.165, 1.54) is 6.07 Å². The van der Waals surface area contributed by atoms with E-state index in [1.54, 1.807) is 18.3 Å². The van der Waals surface area contributed by atoms with Crippen LogP contribution in [0.4, 0.5) is 10.1 Å². The maximum Gasteiger partial charge on any atom is 0.143 e. The second kappa shape index (κ2) is 10.5. The third-order valence-corrected chi connectivity index (χ3v) is 8.08. The van der Waals surface area contributed by atoms with Crippen LogP contribution in [-0.4, -0.2) is 78.7 Å². The number of morpholine rings is 1. The fourth-order valence-electron chi connectivity index (χ4n) is 6.02. The topological polar surface area (TPSA) is 75.7 Å². The molecule has 0 atom stereocenters. The summed E-state index contributed by atoms with van der Waals surface area (Å²) < 4.78 is 32.9. The van der Waals surface area contributed by atoms with Gasteiger partial charge in [0.1, 0.15) is 23.0 Å². The molecule has 8 nitrogen and oxygen atoms in total. The quantitative estimate of drug-likeness (QED) is 0.396. The van der Waals surface area contributed by atoms with E-state index in [0.29, 0.717) is 42.7 Å². The molecule has 0 amide bonds. The molecule has 2 aromatic carbocycles. The molecule has 5 heterocycles. The van der Waals surface area contributed by atoms with Crippen LogP contribution in [0.5, 0.6) is 11.5 Å². The van der Waals surface area contributed by atoms with E-state index >= 15 is 0 Å². The number of anilines is 1. The molecule has 3 aliphatic heterocycles. The molecule has 0 aliphatic carbocycles. The number of rotatable bonds is 2. The van der Waals surface area contributed by atoms with E-state index in [-0.39, 0.29) is 5.82 Å². The number of hydrogen-bond acceptors (Lipinski definition) is 7. The number of halogens is 1. The zero-order valence-electron chi connectivity index (χ0n) is 21.9. The summed E-state index contributed by atoms with van der Waals surface area (Å²) in [5, 5.41) is 8.57. The summed E-state index contributed by atoms with van der Waals surface area (Å²) in [4.78, 5) is 9.56. The molecular weight excluding hydrogens is 497 g/mol. The molecule has 2 saturated heterocycles. The normalized spacial score (nSPS) is 18.8. The number of nitrogens with one attached hydrogen (secondary N) is 1. The van der Waals surface area contributed by atoms with Gasteiger partial charge in [0.2, 0.25) is 0 Å². The molecule has 0 unspecified atom stereocenters. The van der Waals surface area contributed by atoms with Crippen molar-refractivity contribution in [3.05, 3.63) is 54.5 Å². The van der Waals surface area contributed by atoms with Gasteiger partial charge in [0.15, 0.2) is 0 Å². The predicted molar refractivity (Wildman–Crippen MR) is 148 cm³/mol. The van der Waals surface area contributed by atoms with Crippen molar-refractivity contribution in [2.45, 2.75) is 25.3 Å². The molecule has 9 heteroatoms. The molecule has 39 heavy (non-hydrogen) atoms. The van der Waals surface area contributed by atoms with Gasteiger partial charge in [-0.25, -0.2) is 4.39 Å². The Morgan fingerprint density at radius 1 is 0.897 bits per heavy atom. The van der Waals surface area contributed by atoms with Crippen LogP contribution in [0.3, 0.4) is 0 Å². The summed E-state index contributed by atoms with van der Waals surface area (Å²) in [6, 6.07) is 13.7. The number of hydrogen-bond donors (Lipinski definition) is 1. The Morgan fingerprint density at radius 2 is 1.72 bits per heavy atom.